The van der Waals surface area contributed by atoms with Crippen molar-refractivity contribution >= 4 is 22.3 Å². The van der Waals surface area contributed by atoms with Crippen molar-refractivity contribution in [2.45, 2.75) is 0 Å². The highest BCUT2D eigenvalue weighted by atomic mass is 32.1. The number of carboxylic acid groups (broad SMARTS) is 1. The Bertz CT molecular complexity index is 528. The normalized spacial score (nSPS) is 10.5. The van der Waals surface area contributed by atoms with E-state index < -0.39 is 11.5 Å². The van der Waals surface area contributed by atoms with E-state index in [1.54, 1.807) is 11.6 Å². The molecule has 0 aromatic carbocycles. The van der Waals surface area contributed by atoms with Crippen LogP contribution in [-0.2, 0) is 0 Å². The number of carboxylic acids is 1. The lowest BCUT2D eigenvalue weighted by Crippen LogP contribution is -2.13. The molecule has 0 saturated carbocycles. The first-order valence-electron chi connectivity index (χ1n) is 3.38. The van der Waals surface area contributed by atoms with Crippen molar-refractivity contribution < 1.29 is 9.90 Å². The molecule has 0 radical (unpaired) electrons. The molecule has 2 aromatic heterocycles. The van der Waals surface area contributed by atoms with Crippen molar-refractivity contribution in [1.29, 1.82) is 0 Å². The van der Waals surface area contributed by atoms with Crippen molar-refractivity contribution in [3.63, 3.8) is 0 Å². The van der Waals surface area contributed by atoms with Crippen LogP contribution in [0.4, 0.5) is 0 Å². The third kappa shape index (κ3) is 1.20. The molecule has 0 aliphatic heterocycles. The van der Waals surface area contributed by atoms with Crippen LogP contribution >= 0.6 is 11.3 Å². The molecule has 2 rings (SSSR count). The Kier molecular flexibility index (Phi) is 1.63. The first kappa shape index (κ1) is 7.93. The van der Waals surface area contributed by atoms with Gasteiger partial charge in [-0.25, -0.2) is 4.79 Å². The van der Waals surface area contributed by atoms with Gasteiger partial charge in [-0.1, -0.05) is 0 Å². The number of thiazole rings is 1. The summed E-state index contributed by atoms with van der Waals surface area (Å²) < 4.78 is 1.37. The quantitative estimate of drug-likeness (QED) is 0.719. The Morgan fingerprint density at radius 2 is 2.38 bits per heavy atom. The zero-order valence-corrected chi connectivity index (χ0v) is 7.11. The van der Waals surface area contributed by atoms with Gasteiger partial charge in [0, 0.05) is 17.6 Å². The highest BCUT2D eigenvalue weighted by molar-refractivity contribution is 7.15. The Hall–Kier alpha value is -1.69. The van der Waals surface area contributed by atoms with Crippen LogP contribution in [0.5, 0.6) is 0 Å². The molecule has 0 bridgehead atoms. The van der Waals surface area contributed by atoms with Gasteiger partial charge >= 0.3 is 5.97 Å². The third-order valence-corrected chi connectivity index (χ3v) is 2.29. The zero-order valence-electron chi connectivity index (χ0n) is 6.30. The Morgan fingerprint density at radius 3 is 3.08 bits per heavy atom. The van der Waals surface area contributed by atoms with Gasteiger partial charge in [-0.15, -0.1) is 11.3 Å². The minimum absolute atomic E-state index is 0.0590. The summed E-state index contributed by atoms with van der Waals surface area (Å²) in [5.74, 6) is -1.13. The Labute approximate surface area is 75.9 Å². The van der Waals surface area contributed by atoms with Crippen molar-refractivity contribution in [3.05, 3.63) is 33.7 Å². The van der Waals surface area contributed by atoms with Crippen LogP contribution in [0.3, 0.4) is 0 Å². The van der Waals surface area contributed by atoms with E-state index >= 15 is 0 Å². The number of carbonyl (C=O) groups is 1. The molecule has 0 aliphatic carbocycles. The molecule has 6 heteroatoms. The van der Waals surface area contributed by atoms with Crippen molar-refractivity contribution in [3.8, 4) is 0 Å². The fourth-order valence-electron chi connectivity index (χ4n) is 1.01. The number of aromatic nitrogens is 2. The van der Waals surface area contributed by atoms with Gasteiger partial charge < -0.3 is 5.11 Å². The number of aromatic carboxylic acids is 1. The van der Waals surface area contributed by atoms with Crippen LogP contribution in [0.2, 0.25) is 0 Å². The molecule has 66 valence electrons. The van der Waals surface area contributed by atoms with Crippen LogP contribution in [0.25, 0.3) is 4.96 Å². The lowest BCUT2D eigenvalue weighted by Gasteiger charge is -1.96. The maximum absolute atomic E-state index is 10.9. The highest BCUT2D eigenvalue weighted by Crippen LogP contribution is 2.08. The van der Waals surface area contributed by atoms with Crippen LogP contribution in [0.1, 0.15) is 10.5 Å². The van der Waals surface area contributed by atoms with Gasteiger partial charge in [0.25, 0.3) is 5.56 Å². The van der Waals surface area contributed by atoms with Crippen molar-refractivity contribution in [2.24, 2.45) is 0 Å². The lowest BCUT2D eigenvalue weighted by atomic mass is 10.4. The smallest absolute Gasteiger partial charge is 0.353 e. The van der Waals surface area contributed by atoms with Gasteiger partial charge in [-0.05, 0) is 0 Å². The molecule has 0 unspecified atom stereocenters. The Morgan fingerprint density at radius 1 is 1.62 bits per heavy atom. The molecule has 0 atom stereocenters. The molecule has 2 aromatic rings. The summed E-state index contributed by atoms with van der Waals surface area (Å²) in [6.45, 7) is 0. The standard InChI is InChI=1S/C7H4N2O3S/c10-5-3-4(6(11)12)9-1-2-13-7(9)8-5/h1-3H,(H,11,12). The van der Waals surface area contributed by atoms with E-state index in [2.05, 4.69) is 4.98 Å². The molecular formula is C7H4N2O3S. The van der Waals surface area contributed by atoms with Gasteiger partial charge in [-0.3, -0.25) is 9.20 Å². The second kappa shape index (κ2) is 2.67. The van der Waals surface area contributed by atoms with Gasteiger partial charge in [0.05, 0.1) is 0 Å². The molecule has 13 heavy (non-hydrogen) atoms. The summed E-state index contributed by atoms with van der Waals surface area (Å²) in [4.78, 5) is 25.6. The molecule has 2 heterocycles. The van der Waals surface area contributed by atoms with Crippen LogP contribution in [-0.4, -0.2) is 20.5 Å². The molecular weight excluding hydrogens is 192 g/mol. The van der Waals surface area contributed by atoms with Gasteiger partial charge in [0.15, 0.2) is 4.96 Å². The molecule has 1 N–H and O–H groups in total. The monoisotopic (exact) mass is 196 g/mol. The second-order valence-electron chi connectivity index (χ2n) is 2.34. The molecule has 0 aliphatic rings. The van der Waals surface area contributed by atoms with Gasteiger partial charge in [0.1, 0.15) is 5.69 Å². The summed E-state index contributed by atoms with van der Waals surface area (Å²) in [5, 5.41) is 10.4. The average Bonchev–Trinajstić information content (AvgIpc) is 2.49. The lowest BCUT2D eigenvalue weighted by molar-refractivity contribution is 0.0688. The van der Waals surface area contributed by atoms with E-state index in [9.17, 15) is 9.59 Å². The predicted molar refractivity (Wildman–Crippen MR) is 46.3 cm³/mol. The topological polar surface area (TPSA) is 71.7 Å². The molecule has 0 fully saturated rings. The minimum Gasteiger partial charge on any atom is -0.477 e. The molecule has 5 nitrogen and oxygen atoms in total. The van der Waals surface area contributed by atoms with E-state index in [-0.39, 0.29) is 5.69 Å². The number of fused-ring (bicyclic) bond motifs is 1. The van der Waals surface area contributed by atoms with E-state index in [0.717, 1.165) is 6.07 Å². The van der Waals surface area contributed by atoms with E-state index in [0.29, 0.717) is 4.96 Å². The maximum atomic E-state index is 10.9. The summed E-state index contributed by atoms with van der Waals surface area (Å²) in [5.41, 5.74) is -0.587. The van der Waals surface area contributed by atoms with Crippen LogP contribution in [0, 0.1) is 0 Å². The number of rotatable bonds is 1. The number of hydrogen-bond acceptors (Lipinski definition) is 4. The fourth-order valence-corrected chi connectivity index (χ4v) is 1.73. The minimum atomic E-state index is -1.13. The van der Waals surface area contributed by atoms with Gasteiger partial charge in [-0.2, -0.15) is 4.98 Å². The van der Waals surface area contributed by atoms with Crippen molar-refractivity contribution in [2.75, 3.05) is 0 Å². The summed E-state index contributed by atoms with van der Waals surface area (Å²) in [7, 11) is 0. The first-order chi connectivity index (χ1) is 6.18. The second-order valence-corrected chi connectivity index (χ2v) is 3.21. The van der Waals surface area contributed by atoms with E-state index in [1.165, 1.54) is 15.7 Å². The Balaban J connectivity index is 2.93. The predicted octanol–water partition coefficient (Wildman–Crippen LogP) is 0.454. The largest absolute Gasteiger partial charge is 0.477 e. The number of hydrogen-bond donors (Lipinski definition) is 1. The number of nitrogens with zero attached hydrogens (tertiary/aromatic N) is 2. The highest BCUT2D eigenvalue weighted by Gasteiger charge is 2.09. The summed E-state index contributed by atoms with van der Waals surface area (Å²) in [6.07, 6.45) is 1.57. The zero-order chi connectivity index (χ0) is 9.42. The first-order valence-corrected chi connectivity index (χ1v) is 4.26. The van der Waals surface area contributed by atoms with Crippen LogP contribution < -0.4 is 5.56 Å². The maximum Gasteiger partial charge on any atom is 0.353 e. The summed E-state index contributed by atoms with van der Waals surface area (Å²) >= 11 is 1.22. The SMILES string of the molecule is O=C(O)c1cc(=O)nc2sccn12. The van der Waals surface area contributed by atoms with Crippen molar-refractivity contribution in [1.82, 2.24) is 9.38 Å². The molecule has 0 amide bonds. The summed E-state index contributed by atoms with van der Waals surface area (Å²) in [6, 6.07) is 1.00. The molecule has 0 saturated heterocycles. The van der Waals surface area contributed by atoms with E-state index in [4.69, 9.17) is 5.11 Å². The third-order valence-electron chi connectivity index (χ3n) is 1.53. The van der Waals surface area contributed by atoms with Crippen LogP contribution in [0.15, 0.2) is 22.4 Å². The molecule has 0 spiro atoms. The average molecular weight is 196 g/mol. The fraction of sp³-hybridized carbons (Fsp3) is 0. The van der Waals surface area contributed by atoms with Gasteiger partial charge in [0.2, 0.25) is 0 Å². The van der Waals surface area contributed by atoms with E-state index in [1.807, 2.05) is 0 Å².